The van der Waals surface area contributed by atoms with E-state index in [0.29, 0.717) is 0 Å². The lowest BCUT2D eigenvalue weighted by Crippen LogP contribution is -2.10. The summed E-state index contributed by atoms with van der Waals surface area (Å²) in [6.45, 7) is 2.81. The molecule has 2 aromatic rings. The van der Waals surface area contributed by atoms with E-state index >= 15 is 0 Å². The molecule has 0 radical (unpaired) electrons. The van der Waals surface area contributed by atoms with E-state index in [1.54, 1.807) is 12.4 Å². The van der Waals surface area contributed by atoms with E-state index in [9.17, 15) is 18.3 Å². The van der Waals surface area contributed by atoms with Gasteiger partial charge >= 0.3 is 6.18 Å². The molecule has 2 heterocycles. The first-order valence-corrected chi connectivity index (χ1v) is 5.97. The van der Waals surface area contributed by atoms with Crippen LogP contribution in [-0.4, -0.2) is 19.9 Å². The van der Waals surface area contributed by atoms with Crippen molar-refractivity contribution in [1.29, 1.82) is 0 Å². The molecule has 0 saturated carbocycles. The van der Waals surface area contributed by atoms with Gasteiger partial charge in [0, 0.05) is 18.0 Å². The van der Waals surface area contributed by atoms with E-state index in [0.717, 1.165) is 11.1 Å². The Labute approximate surface area is 113 Å². The van der Waals surface area contributed by atoms with Crippen LogP contribution in [0.5, 0.6) is 0 Å². The number of aliphatic hydroxyl groups is 1. The molecular weight excluding hydrogens is 271 g/mol. The second-order valence-corrected chi connectivity index (χ2v) is 4.60. The maximum absolute atomic E-state index is 12.8. The summed E-state index contributed by atoms with van der Waals surface area (Å²) < 4.78 is 39.6. The Morgan fingerprint density at radius 3 is 2.50 bits per heavy atom. The van der Waals surface area contributed by atoms with Gasteiger partial charge in [-0.05, 0) is 25.0 Å². The summed E-state index contributed by atoms with van der Waals surface area (Å²) in [5, 5.41) is 12.8. The predicted octanol–water partition coefficient (Wildman–Crippen LogP) is 2.45. The zero-order valence-corrected chi connectivity index (χ0v) is 11.1. The third-order valence-electron chi connectivity index (χ3n) is 3.00. The van der Waals surface area contributed by atoms with E-state index in [-0.39, 0.29) is 17.8 Å². The summed E-state index contributed by atoms with van der Waals surface area (Å²) in [6, 6.07) is 1.82. The Morgan fingerprint density at radius 1 is 1.25 bits per heavy atom. The molecule has 4 nitrogen and oxygen atoms in total. The summed E-state index contributed by atoms with van der Waals surface area (Å²) in [5.41, 5.74) is 0.811. The minimum Gasteiger partial charge on any atom is -0.390 e. The molecule has 2 rings (SSSR count). The highest BCUT2D eigenvalue weighted by Crippen LogP contribution is 2.32. The number of nitrogens with zero attached hydrogens (tertiary/aromatic N) is 3. The molecule has 0 amide bonds. The molecule has 0 unspecified atom stereocenters. The highest BCUT2D eigenvalue weighted by molar-refractivity contribution is 5.28. The quantitative estimate of drug-likeness (QED) is 0.942. The molecule has 108 valence electrons. The fourth-order valence-corrected chi connectivity index (χ4v) is 2.06. The van der Waals surface area contributed by atoms with Gasteiger partial charge < -0.3 is 5.11 Å². The van der Waals surface area contributed by atoms with Crippen molar-refractivity contribution in [2.45, 2.75) is 33.2 Å². The SMILES string of the molecule is Cc1cncc(Cn2nc(C(F)(F)F)c(C)c2CO)c1. The van der Waals surface area contributed by atoms with Crippen molar-refractivity contribution < 1.29 is 18.3 Å². The molecule has 0 aliphatic heterocycles. The van der Waals surface area contributed by atoms with Crippen LogP contribution < -0.4 is 0 Å². The smallest absolute Gasteiger partial charge is 0.390 e. The molecule has 0 aromatic carbocycles. The zero-order valence-electron chi connectivity index (χ0n) is 11.1. The maximum Gasteiger partial charge on any atom is 0.435 e. The summed E-state index contributed by atoms with van der Waals surface area (Å²) >= 11 is 0. The van der Waals surface area contributed by atoms with Gasteiger partial charge in [0.05, 0.1) is 18.8 Å². The van der Waals surface area contributed by atoms with Gasteiger partial charge in [-0.3, -0.25) is 9.67 Å². The summed E-state index contributed by atoms with van der Waals surface area (Å²) in [6.07, 6.45) is -1.30. The number of halogens is 3. The molecule has 1 N–H and O–H groups in total. The minimum atomic E-state index is -4.52. The fourth-order valence-electron chi connectivity index (χ4n) is 2.06. The normalized spacial score (nSPS) is 11.9. The third-order valence-corrected chi connectivity index (χ3v) is 3.00. The van der Waals surface area contributed by atoms with E-state index in [2.05, 4.69) is 10.1 Å². The molecule has 7 heteroatoms. The Hall–Kier alpha value is -1.89. The Bertz CT molecular complexity index is 620. The average molecular weight is 285 g/mol. The topological polar surface area (TPSA) is 50.9 Å². The van der Waals surface area contributed by atoms with E-state index in [1.165, 1.54) is 11.6 Å². The van der Waals surface area contributed by atoms with Crippen LogP contribution in [-0.2, 0) is 19.3 Å². The van der Waals surface area contributed by atoms with Gasteiger partial charge in [-0.1, -0.05) is 6.07 Å². The lowest BCUT2D eigenvalue weighted by molar-refractivity contribution is -0.141. The number of rotatable bonds is 3. The van der Waals surface area contributed by atoms with Crippen molar-refractivity contribution in [3.63, 3.8) is 0 Å². The number of alkyl halides is 3. The molecule has 0 aliphatic rings. The summed E-state index contributed by atoms with van der Waals surface area (Å²) in [4.78, 5) is 3.99. The van der Waals surface area contributed by atoms with Gasteiger partial charge in [0.1, 0.15) is 0 Å². The zero-order chi connectivity index (χ0) is 14.9. The van der Waals surface area contributed by atoms with Crippen molar-refractivity contribution >= 4 is 0 Å². The van der Waals surface area contributed by atoms with Crippen LogP contribution in [0.4, 0.5) is 13.2 Å². The van der Waals surface area contributed by atoms with Gasteiger partial charge in [0.25, 0.3) is 0 Å². The van der Waals surface area contributed by atoms with Crippen molar-refractivity contribution in [2.24, 2.45) is 0 Å². The first kappa shape index (κ1) is 14.5. The van der Waals surface area contributed by atoms with E-state index < -0.39 is 18.5 Å². The number of aliphatic hydroxyl groups excluding tert-OH is 1. The third kappa shape index (κ3) is 2.82. The van der Waals surface area contributed by atoms with Crippen molar-refractivity contribution in [3.05, 3.63) is 46.5 Å². The first-order valence-electron chi connectivity index (χ1n) is 5.97. The number of aromatic nitrogens is 3. The molecule has 0 bridgehead atoms. The van der Waals surface area contributed by atoms with Crippen LogP contribution in [0.2, 0.25) is 0 Å². The predicted molar refractivity (Wildman–Crippen MR) is 66.0 cm³/mol. The monoisotopic (exact) mass is 285 g/mol. The summed E-state index contributed by atoms with van der Waals surface area (Å²) in [5.74, 6) is 0. The number of aryl methyl sites for hydroxylation is 1. The Morgan fingerprint density at radius 2 is 1.95 bits per heavy atom. The van der Waals surface area contributed by atoms with Crippen LogP contribution in [0.15, 0.2) is 18.5 Å². The van der Waals surface area contributed by atoms with Crippen molar-refractivity contribution in [3.8, 4) is 0 Å². The lowest BCUT2D eigenvalue weighted by Gasteiger charge is -2.06. The number of pyridine rings is 1. The van der Waals surface area contributed by atoms with Crippen molar-refractivity contribution in [2.75, 3.05) is 0 Å². The molecule has 0 aliphatic carbocycles. The molecule has 2 aromatic heterocycles. The Kier molecular flexibility index (Phi) is 3.80. The minimum absolute atomic E-state index is 0.0411. The highest BCUT2D eigenvalue weighted by Gasteiger charge is 2.37. The second kappa shape index (κ2) is 5.24. The van der Waals surface area contributed by atoms with Gasteiger partial charge in [0.2, 0.25) is 0 Å². The molecule has 20 heavy (non-hydrogen) atoms. The lowest BCUT2D eigenvalue weighted by atomic mass is 10.2. The second-order valence-electron chi connectivity index (χ2n) is 4.60. The van der Waals surface area contributed by atoms with E-state index in [4.69, 9.17) is 0 Å². The number of hydrogen-bond acceptors (Lipinski definition) is 3. The Balaban J connectivity index is 2.42. The highest BCUT2D eigenvalue weighted by atomic mass is 19.4. The van der Waals surface area contributed by atoms with Crippen LogP contribution in [0.3, 0.4) is 0 Å². The van der Waals surface area contributed by atoms with Gasteiger partial charge in [-0.2, -0.15) is 18.3 Å². The largest absolute Gasteiger partial charge is 0.435 e. The number of hydrogen-bond donors (Lipinski definition) is 1. The standard InChI is InChI=1S/C13H14F3N3O/c1-8-3-10(5-17-4-8)6-19-11(7-20)9(2)12(18-19)13(14,15)16/h3-5,20H,6-7H2,1-2H3. The average Bonchev–Trinajstić information content (AvgIpc) is 2.65. The molecule has 0 atom stereocenters. The maximum atomic E-state index is 12.8. The fraction of sp³-hybridized carbons (Fsp3) is 0.385. The van der Waals surface area contributed by atoms with Crippen molar-refractivity contribution in [1.82, 2.24) is 14.8 Å². The van der Waals surface area contributed by atoms with Gasteiger partial charge in [-0.15, -0.1) is 0 Å². The molecular formula is C13H14F3N3O. The van der Waals surface area contributed by atoms with Crippen LogP contribution >= 0.6 is 0 Å². The van der Waals surface area contributed by atoms with Crippen LogP contribution in [0.25, 0.3) is 0 Å². The first-order chi connectivity index (χ1) is 9.32. The summed E-state index contributed by atoms with van der Waals surface area (Å²) in [7, 11) is 0. The van der Waals surface area contributed by atoms with Crippen LogP contribution in [0, 0.1) is 13.8 Å². The van der Waals surface area contributed by atoms with Gasteiger partial charge in [0.15, 0.2) is 5.69 Å². The van der Waals surface area contributed by atoms with E-state index in [1.807, 2.05) is 13.0 Å². The molecule has 0 saturated heterocycles. The van der Waals surface area contributed by atoms with Gasteiger partial charge in [-0.25, -0.2) is 0 Å². The molecule has 0 spiro atoms. The van der Waals surface area contributed by atoms with Crippen LogP contribution in [0.1, 0.15) is 28.1 Å². The molecule has 0 fully saturated rings.